The first-order valence-electron chi connectivity index (χ1n) is 8.80. The number of rotatable bonds is 7. The van der Waals surface area contributed by atoms with Gasteiger partial charge < -0.3 is 25.6 Å². The molecule has 0 aliphatic carbocycles. The van der Waals surface area contributed by atoms with Gasteiger partial charge in [0.05, 0.1) is 38.5 Å². The number of hydrogen-bond donors (Lipinski definition) is 3. The van der Waals surface area contributed by atoms with Gasteiger partial charge in [-0.2, -0.15) is 0 Å². The number of aliphatic hydroxyl groups excluding tert-OH is 1. The zero-order valence-corrected chi connectivity index (χ0v) is 17.4. The van der Waals surface area contributed by atoms with Gasteiger partial charge in [0.15, 0.2) is 5.96 Å². The van der Waals surface area contributed by atoms with E-state index in [0.717, 1.165) is 23.3 Å². The van der Waals surface area contributed by atoms with E-state index in [1.54, 1.807) is 0 Å². The maximum Gasteiger partial charge on any atom is 0.189 e. The van der Waals surface area contributed by atoms with Gasteiger partial charge in [0.25, 0.3) is 0 Å². The van der Waals surface area contributed by atoms with E-state index in [9.17, 15) is 5.11 Å². The van der Waals surface area contributed by atoms with Crippen LogP contribution in [-0.2, 0) is 11.3 Å². The van der Waals surface area contributed by atoms with Gasteiger partial charge in [-0.3, -0.25) is 4.99 Å². The molecule has 1 aliphatic rings. The van der Waals surface area contributed by atoms with Crippen molar-refractivity contribution in [1.29, 1.82) is 0 Å². The van der Waals surface area contributed by atoms with Crippen LogP contribution in [0.5, 0.6) is 5.75 Å². The molecular weight excluding hydrogens is 457 g/mol. The molecule has 27 heavy (non-hydrogen) atoms. The molecule has 0 fully saturated rings. The Balaban J connectivity index is 0.00000261. The second-order valence-electron chi connectivity index (χ2n) is 6.25. The molecule has 0 saturated heterocycles. The van der Waals surface area contributed by atoms with E-state index in [2.05, 4.69) is 10.3 Å². The average molecular weight is 483 g/mol. The normalized spacial score (nSPS) is 17.2. The van der Waals surface area contributed by atoms with Crippen LogP contribution >= 0.6 is 24.0 Å². The Hall–Kier alpha value is -1.84. The van der Waals surface area contributed by atoms with Crippen molar-refractivity contribution in [3.05, 3.63) is 65.7 Å². The SMILES string of the molecule is I.NC(=NCC(O)COCc1ccccc1)NC1CCOc2ccccc21. The topological polar surface area (TPSA) is 89.1 Å². The highest BCUT2D eigenvalue weighted by atomic mass is 127. The molecule has 4 N–H and O–H groups in total. The number of nitrogens with two attached hydrogens (primary N) is 1. The third-order valence-electron chi connectivity index (χ3n) is 4.17. The minimum atomic E-state index is -0.693. The van der Waals surface area contributed by atoms with Crippen LogP contribution in [0, 0.1) is 0 Å². The maximum absolute atomic E-state index is 10.0. The van der Waals surface area contributed by atoms with Crippen molar-refractivity contribution in [2.24, 2.45) is 10.7 Å². The Morgan fingerprint density at radius 1 is 1.22 bits per heavy atom. The number of hydrogen-bond acceptors (Lipinski definition) is 4. The van der Waals surface area contributed by atoms with Crippen LogP contribution in [0.25, 0.3) is 0 Å². The number of benzene rings is 2. The lowest BCUT2D eigenvalue weighted by Gasteiger charge is -2.27. The maximum atomic E-state index is 10.0. The molecule has 1 aliphatic heterocycles. The van der Waals surface area contributed by atoms with Crippen LogP contribution in [0.4, 0.5) is 0 Å². The molecule has 0 saturated carbocycles. The number of nitrogens with zero attached hydrogens (tertiary/aromatic N) is 1. The van der Waals surface area contributed by atoms with Crippen molar-refractivity contribution < 1.29 is 14.6 Å². The number of halogens is 1. The summed E-state index contributed by atoms with van der Waals surface area (Å²) in [5.74, 6) is 1.19. The summed E-state index contributed by atoms with van der Waals surface area (Å²) < 4.78 is 11.2. The van der Waals surface area contributed by atoms with Crippen LogP contribution in [0.3, 0.4) is 0 Å². The molecule has 0 amide bonds. The fourth-order valence-corrected chi connectivity index (χ4v) is 2.86. The summed E-state index contributed by atoms with van der Waals surface area (Å²) in [6.45, 7) is 1.51. The number of guanidine groups is 1. The zero-order chi connectivity index (χ0) is 18.2. The quantitative estimate of drug-likeness (QED) is 0.320. The van der Waals surface area contributed by atoms with Crippen LogP contribution in [-0.4, -0.2) is 36.9 Å². The van der Waals surface area contributed by atoms with Crippen LogP contribution in [0.2, 0.25) is 0 Å². The summed E-state index contributed by atoms with van der Waals surface area (Å²) in [4.78, 5) is 4.23. The third-order valence-corrected chi connectivity index (χ3v) is 4.17. The van der Waals surface area contributed by atoms with E-state index >= 15 is 0 Å². The molecule has 2 atom stereocenters. The minimum absolute atomic E-state index is 0. The number of ether oxygens (including phenoxy) is 2. The summed E-state index contributed by atoms with van der Waals surface area (Å²) in [6, 6.07) is 17.8. The molecular formula is C20H26IN3O3. The smallest absolute Gasteiger partial charge is 0.189 e. The number of para-hydroxylation sites is 1. The molecule has 7 heteroatoms. The van der Waals surface area contributed by atoms with Crippen molar-refractivity contribution in [1.82, 2.24) is 5.32 Å². The molecule has 0 spiro atoms. The molecule has 2 aromatic rings. The van der Waals surface area contributed by atoms with Gasteiger partial charge in [0.1, 0.15) is 5.75 Å². The van der Waals surface area contributed by atoms with Gasteiger partial charge in [-0.1, -0.05) is 48.5 Å². The average Bonchev–Trinajstić information content (AvgIpc) is 2.67. The van der Waals surface area contributed by atoms with Crippen molar-refractivity contribution in [2.75, 3.05) is 19.8 Å². The van der Waals surface area contributed by atoms with Crippen LogP contribution in [0.1, 0.15) is 23.6 Å². The first-order valence-corrected chi connectivity index (χ1v) is 8.80. The van der Waals surface area contributed by atoms with Crippen molar-refractivity contribution in [3.8, 4) is 5.75 Å². The Morgan fingerprint density at radius 3 is 2.78 bits per heavy atom. The minimum Gasteiger partial charge on any atom is -0.493 e. The monoisotopic (exact) mass is 483 g/mol. The molecule has 1 heterocycles. The van der Waals surface area contributed by atoms with Crippen LogP contribution in [0.15, 0.2) is 59.6 Å². The largest absolute Gasteiger partial charge is 0.493 e. The fourth-order valence-electron chi connectivity index (χ4n) is 2.86. The van der Waals surface area contributed by atoms with E-state index in [0.29, 0.717) is 19.2 Å². The standard InChI is InChI=1S/C20H25N3O3.HI/c21-20(23-18-10-11-26-19-9-5-4-8-17(18)19)22-12-16(24)14-25-13-15-6-2-1-3-7-15;/h1-9,16,18,24H,10-14H2,(H3,21,22,23);1H. The van der Waals surface area contributed by atoms with Crippen molar-refractivity contribution in [3.63, 3.8) is 0 Å². The highest BCUT2D eigenvalue weighted by Crippen LogP contribution is 2.31. The summed E-state index contributed by atoms with van der Waals surface area (Å²) in [5, 5.41) is 13.2. The lowest BCUT2D eigenvalue weighted by atomic mass is 10.0. The van der Waals surface area contributed by atoms with E-state index < -0.39 is 6.10 Å². The summed E-state index contributed by atoms with van der Waals surface area (Å²) in [5.41, 5.74) is 8.12. The Labute approximate surface area is 176 Å². The van der Waals surface area contributed by atoms with Gasteiger partial charge in [-0.25, -0.2) is 0 Å². The molecule has 6 nitrogen and oxygen atoms in total. The number of aliphatic hydroxyl groups is 1. The second-order valence-corrected chi connectivity index (χ2v) is 6.25. The van der Waals surface area contributed by atoms with Gasteiger partial charge in [0.2, 0.25) is 0 Å². The zero-order valence-electron chi connectivity index (χ0n) is 15.1. The number of aliphatic imine (C=N–C) groups is 1. The molecule has 3 rings (SSSR count). The first kappa shape index (κ1) is 21.5. The van der Waals surface area contributed by atoms with E-state index in [-0.39, 0.29) is 43.2 Å². The van der Waals surface area contributed by atoms with Gasteiger partial charge in [0, 0.05) is 12.0 Å². The Bertz CT molecular complexity index is 727. The number of nitrogens with one attached hydrogen (secondary N) is 1. The Morgan fingerprint density at radius 2 is 1.96 bits per heavy atom. The summed E-state index contributed by atoms with van der Waals surface area (Å²) in [6.07, 6.45) is 0.122. The summed E-state index contributed by atoms with van der Waals surface area (Å²) in [7, 11) is 0. The molecule has 2 unspecified atom stereocenters. The number of fused-ring (bicyclic) bond motifs is 1. The molecule has 0 aromatic heterocycles. The van der Waals surface area contributed by atoms with Crippen molar-refractivity contribution in [2.45, 2.75) is 25.2 Å². The first-order chi connectivity index (χ1) is 12.7. The van der Waals surface area contributed by atoms with E-state index in [1.807, 2.05) is 54.6 Å². The van der Waals surface area contributed by atoms with Crippen molar-refractivity contribution >= 4 is 29.9 Å². The van der Waals surface area contributed by atoms with E-state index in [4.69, 9.17) is 15.2 Å². The predicted molar refractivity (Wildman–Crippen MR) is 116 cm³/mol. The van der Waals surface area contributed by atoms with Gasteiger partial charge in [-0.05, 0) is 11.6 Å². The molecule has 146 valence electrons. The van der Waals surface area contributed by atoms with E-state index in [1.165, 1.54) is 0 Å². The van der Waals surface area contributed by atoms with Gasteiger partial charge in [-0.15, -0.1) is 24.0 Å². The van der Waals surface area contributed by atoms with Gasteiger partial charge >= 0.3 is 0 Å². The summed E-state index contributed by atoms with van der Waals surface area (Å²) >= 11 is 0. The highest BCUT2D eigenvalue weighted by Gasteiger charge is 2.21. The molecule has 2 aromatic carbocycles. The predicted octanol–water partition coefficient (Wildman–Crippen LogP) is 2.61. The molecule has 0 radical (unpaired) electrons. The van der Waals surface area contributed by atoms with Crippen LogP contribution < -0.4 is 15.8 Å². The Kier molecular flexibility index (Phi) is 8.83. The third kappa shape index (κ3) is 6.67. The molecule has 0 bridgehead atoms. The lowest BCUT2D eigenvalue weighted by Crippen LogP contribution is -2.38. The highest BCUT2D eigenvalue weighted by molar-refractivity contribution is 14.0. The fraction of sp³-hybridized carbons (Fsp3) is 0.350. The second kappa shape index (κ2) is 11.1. The lowest BCUT2D eigenvalue weighted by molar-refractivity contribution is 0.0331.